The number of nitrogens with zero attached hydrogens (tertiary/aromatic N) is 1. The summed E-state index contributed by atoms with van der Waals surface area (Å²) in [5.74, 6) is -2.80. The van der Waals surface area contributed by atoms with E-state index in [2.05, 4.69) is 16.0 Å². The van der Waals surface area contributed by atoms with Gasteiger partial charge < -0.3 is 16.0 Å². The van der Waals surface area contributed by atoms with Gasteiger partial charge in [0.15, 0.2) is 11.7 Å². The highest BCUT2D eigenvalue weighted by molar-refractivity contribution is 6.30. The smallest absolute Gasteiger partial charge is 0.315 e. The van der Waals surface area contributed by atoms with Crippen LogP contribution in [-0.4, -0.2) is 31.3 Å². The average Bonchev–Trinajstić information content (AvgIpc) is 2.52. The Kier molecular flexibility index (Phi) is 6.86. The number of hydrogen-bond donors (Lipinski definition) is 3. The molecule has 1 rings (SSSR count). The Hall–Kier alpha value is -2.59. The first kappa shape index (κ1) is 17.5. The molecule has 3 amide bonds. The van der Waals surface area contributed by atoms with Crippen LogP contribution in [0.3, 0.4) is 0 Å². The van der Waals surface area contributed by atoms with Crippen LogP contribution >= 0.6 is 11.6 Å². The fourth-order valence-corrected chi connectivity index (χ4v) is 1.66. The fraction of sp³-hybridized carbons (Fsp3) is 0.286. The van der Waals surface area contributed by atoms with Crippen LogP contribution in [0.4, 0.5) is 4.79 Å². The van der Waals surface area contributed by atoms with Crippen molar-refractivity contribution in [3.63, 3.8) is 0 Å². The van der Waals surface area contributed by atoms with Gasteiger partial charge in [-0.3, -0.25) is 9.59 Å². The van der Waals surface area contributed by atoms with Crippen LogP contribution in [0, 0.1) is 17.2 Å². The van der Waals surface area contributed by atoms with Crippen molar-refractivity contribution in [1.29, 1.82) is 5.26 Å². The number of benzene rings is 1. The molecule has 7 nitrogen and oxygen atoms in total. The number of nitriles is 1. The zero-order valence-corrected chi connectivity index (χ0v) is 12.6. The minimum Gasteiger partial charge on any atom is -0.358 e. The SMILES string of the molecule is CNC(=O)[C@@H](C#N)C(=O)CNC(=O)NCc1ccc(Cl)cc1. The van der Waals surface area contributed by atoms with Crippen molar-refractivity contribution in [2.24, 2.45) is 5.92 Å². The molecule has 0 fully saturated rings. The van der Waals surface area contributed by atoms with Gasteiger partial charge in [-0.25, -0.2) is 4.79 Å². The molecule has 8 heteroatoms. The van der Waals surface area contributed by atoms with Crippen molar-refractivity contribution in [2.45, 2.75) is 6.54 Å². The van der Waals surface area contributed by atoms with E-state index in [1.165, 1.54) is 7.05 Å². The van der Waals surface area contributed by atoms with E-state index in [0.29, 0.717) is 5.02 Å². The number of carbonyl (C=O) groups is 3. The number of rotatable bonds is 6. The molecule has 0 unspecified atom stereocenters. The molecule has 0 saturated heterocycles. The lowest BCUT2D eigenvalue weighted by molar-refractivity contribution is -0.130. The van der Waals surface area contributed by atoms with Crippen LogP contribution < -0.4 is 16.0 Å². The number of ketones is 1. The summed E-state index contributed by atoms with van der Waals surface area (Å²) >= 11 is 5.74. The fourth-order valence-electron chi connectivity index (χ4n) is 1.54. The third-order valence-electron chi connectivity index (χ3n) is 2.75. The van der Waals surface area contributed by atoms with Gasteiger partial charge in [0.2, 0.25) is 5.91 Å². The molecule has 0 saturated carbocycles. The maximum Gasteiger partial charge on any atom is 0.315 e. The number of carbonyl (C=O) groups excluding carboxylic acids is 3. The predicted octanol–water partition coefficient (Wildman–Crippen LogP) is 0.594. The lowest BCUT2D eigenvalue weighted by Crippen LogP contribution is -2.42. The second-order valence-electron chi connectivity index (χ2n) is 4.31. The molecule has 22 heavy (non-hydrogen) atoms. The minimum atomic E-state index is -1.43. The number of hydrogen-bond acceptors (Lipinski definition) is 4. The van der Waals surface area contributed by atoms with E-state index in [1.54, 1.807) is 30.3 Å². The molecule has 0 bridgehead atoms. The minimum absolute atomic E-state index is 0.258. The highest BCUT2D eigenvalue weighted by atomic mass is 35.5. The highest BCUT2D eigenvalue weighted by Gasteiger charge is 2.25. The predicted molar refractivity (Wildman–Crippen MR) is 79.9 cm³/mol. The first-order chi connectivity index (χ1) is 10.5. The standard InChI is InChI=1S/C14H15ClN4O3/c1-17-13(21)11(6-16)12(20)8-19-14(22)18-7-9-2-4-10(15)5-3-9/h2-5,11H,7-8H2,1H3,(H,17,21)(H2,18,19,22)/t11-/m0/s1. The quantitative estimate of drug-likeness (QED) is 0.666. The van der Waals surface area contributed by atoms with Crippen molar-refractivity contribution in [3.05, 3.63) is 34.9 Å². The Bertz CT molecular complexity index is 595. The van der Waals surface area contributed by atoms with Crippen molar-refractivity contribution in [2.75, 3.05) is 13.6 Å². The van der Waals surface area contributed by atoms with Gasteiger partial charge in [0.25, 0.3) is 0 Å². The number of Topliss-reactive ketones (excluding diaryl/α,β-unsaturated/α-hetero) is 1. The zero-order chi connectivity index (χ0) is 16.5. The van der Waals surface area contributed by atoms with Gasteiger partial charge >= 0.3 is 6.03 Å². The van der Waals surface area contributed by atoms with Gasteiger partial charge in [-0.15, -0.1) is 0 Å². The Labute approximate surface area is 132 Å². The number of urea groups is 1. The average molecular weight is 323 g/mol. The summed E-state index contributed by atoms with van der Waals surface area (Å²) in [7, 11) is 1.33. The topological polar surface area (TPSA) is 111 Å². The molecule has 0 heterocycles. The summed E-state index contributed by atoms with van der Waals surface area (Å²) in [6, 6.07) is 7.92. The van der Waals surface area contributed by atoms with Crippen LogP contribution in [0.5, 0.6) is 0 Å². The normalized spacial score (nSPS) is 11.0. The number of halogens is 1. The molecule has 116 valence electrons. The largest absolute Gasteiger partial charge is 0.358 e. The molecule has 0 radical (unpaired) electrons. The van der Waals surface area contributed by atoms with Crippen molar-refractivity contribution in [3.8, 4) is 6.07 Å². The summed E-state index contributed by atoms with van der Waals surface area (Å²) in [4.78, 5) is 34.5. The van der Waals surface area contributed by atoms with Crippen LogP contribution in [-0.2, 0) is 16.1 Å². The van der Waals surface area contributed by atoms with Gasteiger partial charge in [-0.1, -0.05) is 23.7 Å². The van der Waals surface area contributed by atoms with Gasteiger partial charge in [0, 0.05) is 18.6 Å². The molecule has 0 aromatic heterocycles. The van der Waals surface area contributed by atoms with E-state index in [1.807, 2.05) is 0 Å². The van der Waals surface area contributed by atoms with Crippen molar-refractivity contribution in [1.82, 2.24) is 16.0 Å². The van der Waals surface area contributed by atoms with Crippen LogP contribution in [0.2, 0.25) is 5.02 Å². The Morgan fingerprint density at radius 2 is 1.86 bits per heavy atom. The lowest BCUT2D eigenvalue weighted by atomic mass is 10.1. The van der Waals surface area contributed by atoms with Crippen molar-refractivity contribution < 1.29 is 14.4 Å². The molecule has 0 spiro atoms. The van der Waals surface area contributed by atoms with E-state index in [0.717, 1.165) is 5.56 Å². The second kappa shape index (κ2) is 8.64. The van der Waals surface area contributed by atoms with Gasteiger partial charge in [0.1, 0.15) is 0 Å². The van der Waals surface area contributed by atoms with Gasteiger partial charge in [0.05, 0.1) is 12.6 Å². The molecule has 0 aliphatic rings. The summed E-state index contributed by atoms with van der Waals surface area (Å²) in [5.41, 5.74) is 0.839. The Morgan fingerprint density at radius 3 is 2.41 bits per heavy atom. The zero-order valence-electron chi connectivity index (χ0n) is 11.9. The summed E-state index contributed by atoms with van der Waals surface area (Å²) in [6.07, 6.45) is 0. The third kappa shape index (κ3) is 5.42. The molecule has 0 aliphatic heterocycles. The van der Waals surface area contributed by atoms with E-state index >= 15 is 0 Å². The van der Waals surface area contributed by atoms with Crippen molar-refractivity contribution >= 4 is 29.3 Å². The molecule has 1 aromatic rings. The monoisotopic (exact) mass is 322 g/mol. The van der Waals surface area contributed by atoms with Gasteiger partial charge in [-0.05, 0) is 17.7 Å². The molecular formula is C14H15ClN4O3. The highest BCUT2D eigenvalue weighted by Crippen LogP contribution is 2.08. The maximum absolute atomic E-state index is 11.7. The molecule has 1 atom stereocenters. The van der Waals surface area contributed by atoms with Crippen LogP contribution in [0.25, 0.3) is 0 Å². The summed E-state index contributed by atoms with van der Waals surface area (Å²) < 4.78 is 0. The lowest BCUT2D eigenvalue weighted by Gasteiger charge is -2.09. The first-order valence-corrected chi connectivity index (χ1v) is 6.75. The molecule has 0 aliphatic carbocycles. The number of nitrogens with one attached hydrogen (secondary N) is 3. The molecular weight excluding hydrogens is 308 g/mol. The third-order valence-corrected chi connectivity index (χ3v) is 3.00. The van der Waals surface area contributed by atoms with E-state index in [9.17, 15) is 14.4 Å². The summed E-state index contributed by atoms with van der Waals surface area (Å²) in [5, 5.41) is 16.4. The van der Waals surface area contributed by atoms with E-state index in [-0.39, 0.29) is 6.54 Å². The van der Waals surface area contributed by atoms with Crippen LogP contribution in [0.15, 0.2) is 24.3 Å². The maximum atomic E-state index is 11.7. The Morgan fingerprint density at radius 1 is 1.23 bits per heavy atom. The van der Waals surface area contributed by atoms with E-state index in [4.69, 9.17) is 16.9 Å². The van der Waals surface area contributed by atoms with Crippen LogP contribution in [0.1, 0.15) is 5.56 Å². The first-order valence-electron chi connectivity index (χ1n) is 6.38. The Balaban J connectivity index is 2.39. The second-order valence-corrected chi connectivity index (χ2v) is 4.74. The summed E-state index contributed by atoms with van der Waals surface area (Å²) in [6.45, 7) is -0.146. The van der Waals surface area contributed by atoms with E-state index < -0.39 is 30.2 Å². The van der Waals surface area contributed by atoms with Gasteiger partial charge in [-0.2, -0.15) is 5.26 Å². The molecule has 1 aromatic carbocycles. The number of amides is 3. The molecule has 3 N–H and O–H groups in total.